The molecule has 0 aromatic carbocycles. The fourth-order valence-electron chi connectivity index (χ4n) is 0.954. The van der Waals surface area contributed by atoms with Crippen LogP contribution < -0.4 is 9.86 Å². The van der Waals surface area contributed by atoms with Gasteiger partial charge in [0.25, 0.3) is 0 Å². The minimum absolute atomic E-state index is 0.135. The van der Waals surface area contributed by atoms with Gasteiger partial charge in [0, 0.05) is 6.54 Å². The summed E-state index contributed by atoms with van der Waals surface area (Å²) in [6.07, 6.45) is 0. The number of hydrogen-bond acceptors (Lipinski definition) is 5. The molecule has 6 nitrogen and oxygen atoms in total. The second-order valence-corrected chi connectivity index (χ2v) is 9.38. The highest BCUT2D eigenvalue weighted by Crippen LogP contribution is 2.30. The number of aryl methyl sites for hydroxylation is 1. The van der Waals surface area contributed by atoms with E-state index in [9.17, 15) is 16.8 Å². The van der Waals surface area contributed by atoms with Crippen molar-refractivity contribution in [2.75, 3.05) is 12.3 Å². The highest BCUT2D eigenvalue weighted by molar-refractivity contribution is 9.11. The summed E-state index contributed by atoms with van der Waals surface area (Å²) in [6, 6.07) is 1.51. The summed E-state index contributed by atoms with van der Waals surface area (Å²) in [7, 11) is -7.33. The van der Waals surface area contributed by atoms with E-state index in [1.165, 1.54) is 6.07 Å². The maximum atomic E-state index is 11.7. The van der Waals surface area contributed by atoms with Gasteiger partial charge in [-0.15, -0.1) is 11.3 Å². The second kappa shape index (κ2) is 5.33. The molecule has 98 valence electrons. The van der Waals surface area contributed by atoms with E-state index in [4.69, 9.17) is 5.14 Å². The van der Waals surface area contributed by atoms with E-state index in [0.29, 0.717) is 0 Å². The van der Waals surface area contributed by atoms with Crippen molar-refractivity contribution in [1.29, 1.82) is 0 Å². The Morgan fingerprint density at radius 2 is 2.00 bits per heavy atom. The zero-order valence-electron chi connectivity index (χ0n) is 8.80. The Hall–Kier alpha value is -0.000000000000000111. The van der Waals surface area contributed by atoms with Gasteiger partial charge in [0.1, 0.15) is 4.21 Å². The van der Waals surface area contributed by atoms with Crippen molar-refractivity contribution in [3.05, 3.63) is 15.4 Å². The van der Waals surface area contributed by atoms with Crippen molar-refractivity contribution >= 4 is 47.3 Å². The van der Waals surface area contributed by atoms with Crippen molar-refractivity contribution in [2.24, 2.45) is 5.14 Å². The average Bonchev–Trinajstić information content (AvgIpc) is 2.45. The molecule has 0 amide bonds. The molecule has 0 radical (unpaired) electrons. The molecule has 1 rings (SSSR count). The lowest BCUT2D eigenvalue weighted by atomic mass is 10.4. The summed E-state index contributed by atoms with van der Waals surface area (Å²) in [6.45, 7) is 1.53. The van der Waals surface area contributed by atoms with Crippen LogP contribution in [-0.2, 0) is 20.0 Å². The Labute approximate surface area is 112 Å². The van der Waals surface area contributed by atoms with Crippen LogP contribution in [0.3, 0.4) is 0 Å². The van der Waals surface area contributed by atoms with Crippen LogP contribution in [0, 0.1) is 6.92 Å². The van der Waals surface area contributed by atoms with Crippen molar-refractivity contribution in [3.63, 3.8) is 0 Å². The minimum atomic E-state index is -3.67. The Balaban J connectivity index is 2.76. The smallest absolute Gasteiger partial charge is 0.229 e. The maximum absolute atomic E-state index is 11.7. The highest BCUT2D eigenvalue weighted by Gasteiger charge is 2.18. The number of hydrogen-bond donors (Lipinski definition) is 2. The molecule has 0 fully saturated rings. The molecule has 0 saturated carbocycles. The molecular weight excluding hydrogens is 352 g/mol. The molecule has 3 N–H and O–H groups in total. The van der Waals surface area contributed by atoms with Crippen LogP contribution in [0.15, 0.2) is 14.1 Å². The van der Waals surface area contributed by atoms with E-state index in [2.05, 4.69) is 20.7 Å². The first kappa shape index (κ1) is 15.1. The minimum Gasteiger partial charge on any atom is -0.229 e. The number of halogens is 1. The summed E-state index contributed by atoms with van der Waals surface area (Å²) >= 11 is 4.28. The Bertz CT molecular complexity index is 586. The normalized spacial score (nSPS) is 12.9. The zero-order chi connectivity index (χ0) is 13.3. The van der Waals surface area contributed by atoms with Crippen LogP contribution in [0.5, 0.6) is 0 Å². The van der Waals surface area contributed by atoms with E-state index in [-0.39, 0.29) is 10.8 Å². The van der Waals surface area contributed by atoms with E-state index in [1.54, 1.807) is 6.92 Å². The number of nitrogens with one attached hydrogen (secondary N) is 1. The monoisotopic (exact) mass is 362 g/mol. The fraction of sp³-hybridized carbons (Fsp3) is 0.429. The van der Waals surface area contributed by atoms with E-state index in [1.807, 2.05) is 0 Å². The summed E-state index contributed by atoms with van der Waals surface area (Å²) in [5, 5.41) is 4.76. The first-order chi connectivity index (χ1) is 7.62. The van der Waals surface area contributed by atoms with E-state index < -0.39 is 25.8 Å². The van der Waals surface area contributed by atoms with Gasteiger partial charge in [0.15, 0.2) is 0 Å². The molecule has 1 aromatic rings. The lowest BCUT2D eigenvalue weighted by Gasteiger charge is -2.03. The van der Waals surface area contributed by atoms with Crippen molar-refractivity contribution < 1.29 is 16.8 Å². The Morgan fingerprint density at radius 1 is 1.41 bits per heavy atom. The third-order valence-corrected chi connectivity index (χ3v) is 6.62. The SMILES string of the molecule is Cc1cc(S(=O)(=O)NCCS(N)(=O)=O)sc1Br. The second-order valence-electron chi connectivity index (χ2n) is 3.29. The zero-order valence-corrected chi connectivity index (χ0v) is 12.8. The van der Waals surface area contributed by atoms with Crippen molar-refractivity contribution in [3.8, 4) is 0 Å². The van der Waals surface area contributed by atoms with Gasteiger partial charge < -0.3 is 0 Å². The first-order valence-electron chi connectivity index (χ1n) is 4.38. The molecule has 0 saturated heterocycles. The quantitative estimate of drug-likeness (QED) is 0.789. The van der Waals surface area contributed by atoms with E-state index in [0.717, 1.165) is 20.7 Å². The first-order valence-corrected chi connectivity index (χ1v) is 9.19. The predicted molar refractivity (Wildman–Crippen MR) is 69.9 cm³/mol. The van der Waals surface area contributed by atoms with Crippen molar-refractivity contribution in [2.45, 2.75) is 11.1 Å². The van der Waals surface area contributed by atoms with E-state index >= 15 is 0 Å². The van der Waals surface area contributed by atoms with Gasteiger partial charge in [-0.25, -0.2) is 26.7 Å². The average molecular weight is 363 g/mol. The molecule has 10 heteroatoms. The van der Waals surface area contributed by atoms with Crippen LogP contribution >= 0.6 is 27.3 Å². The Morgan fingerprint density at radius 3 is 2.41 bits per heavy atom. The molecule has 17 heavy (non-hydrogen) atoms. The molecule has 1 heterocycles. The van der Waals surface area contributed by atoms with Gasteiger partial charge in [0.2, 0.25) is 20.0 Å². The van der Waals surface area contributed by atoms with Crippen LogP contribution in [0.1, 0.15) is 5.56 Å². The Kier molecular flexibility index (Phi) is 4.72. The third kappa shape index (κ3) is 4.64. The fourth-order valence-corrected chi connectivity index (χ4v) is 4.77. The van der Waals surface area contributed by atoms with Crippen LogP contribution in [0.4, 0.5) is 0 Å². The summed E-state index contributed by atoms with van der Waals surface area (Å²) in [5.74, 6) is -0.433. The number of thiophene rings is 1. The highest BCUT2D eigenvalue weighted by atomic mass is 79.9. The molecule has 0 aliphatic carbocycles. The van der Waals surface area contributed by atoms with Gasteiger partial charge in [-0.2, -0.15) is 0 Å². The topological polar surface area (TPSA) is 106 Å². The molecule has 0 unspecified atom stereocenters. The van der Waals surface area contributed by atoms with Gasteiger partial charge >= 0.3 is 0 Å². The third-order valence-electron chi connectivity index (χ3n) is 1.78. The molecular formula is C7H11BrN2O4S3. The maximum Gasteiger partial charge on any atom is 0.250 e. The summed E-state index contributed by atoms with van der Waals surface area (Å²) in [5.41, 5.74) is 0.807. The number of nitrogens with two attached hydrogens (primary N) is 1. The van der Waals surface area contributed by atoms with Gasteiger partial charge in [-0.1, -0.05) is 0 Å². The van der Waals surface area contributed by atoms with Crippen LogP contribution in [0.25, 0.3) is 0 Å². The van der Waals surface area contributed by atoms with Crippen molar-refractivity contribution in [1.82, 2.24) is 4.72 Å². The lowest BCUT2D eigenvalue weighted by Crippen LogP contribution is -2.31. The van der Waals surface area contributed by atoms with Gasteiger partial charge in [0.05, 0.1) is 9.54 Å². The molecule has 0 bridgehead atoms. The van der Waals surface area contributed by atoms with Gasteiger partial charge in [-0.3, -0.25) is 0 Å². The molecule has 1 aromatic heterocycles. The predicted octanol–water partition coefficient (Wildman–Crippen LogP) is 0.386. The van der Waals surface area contributed by atoms with Crippen LogP contribution in [0.2, 0.25) is 0 Å². The molecule has 0 atom stereocenters. The lowest BCUT2D eigenvalue weighted by molar-refractivity contribution is 0.583. The molecule has 0 spiro atoms. The van der Waals surface area contributed by atoms with Gasteiger partial charge in [-0.05, 0) is 34.5 Å². The molecule has 0 aliphatic heterocycles. The standard InChI is InChI=1S/C7H11BrN2O4S3/c1-5-4-6(15-7(5)8)17(13,14)10-2-3-16(9,11)12/h4,10H,2-3H2,1H3,(H2,9,11,12). The van der Waals surface area contributed by atoms with Crippen LogP contribution in [-0.4, -0.2) is 29.1 Å². The summed E-state index contributed by atoms with van der Waals surface area (Å²) in [4.78, 5) is 0. The number of rotatable bonds is 5. The number of primary sulfonamides is 1. The summed E-state index contributed by atoms with van der Waals surface area (Å²) < 4.78 is 47.8. The molecule has 0 aliphatic rings. The number of sulfonamides is 2. The largest absolute Gasteiger partial charge is 0.250 e.